The van der Waals surface area contributed by atoms with E-state index in [2.05, 4.69) is 4.90 Å². The number of imide groups is 1. The number of rotatable bonds is 5. The molecule has 0 N–H and O–H groups in total. The van der Waals surface area contributed by atoms with Crippen LogP contribution in [0, 0.1) is 0 Å². The molecule has 8 heteroatoms. The smallest absolute Gasteiger partial charge is 0.293 e. The lowest BCUT2D eigenvalue weighted by Crippen LogP contribution is -2.47. The first kappa shape index (κ1) is 19.4. The Morgan fingerprint density at radius 3 is 2.59 bits per heavy atom. The summed E-state index contributed by atoms with van der Waals surface area (Å²) in [4.78, 5) is 42.6. The Morgan fingerprint density at radius 2 is 1.89 bits per heavy atom. The van der Waals surface area contributed by atoms with E-state index < -0.39 is 0 Å². The number of para-hydroxylation sites is 1. The molecule has 0 unspecified atom stereocenters. The molecule has 144 valence electrons. The number of likely N-dealkylation sites (N-methyl/N-ethyl adjacent to an activating group) is 1. The van der Waals surface area contributed by atoms with Crippen molar-refractivity contribution in [2.75, 3.05) is 46.9 Å². The molecule has 2 aliphatic rings. The highest BCUT2D eigenvalue weighted by molar-refractivity contribution is 8.18. The number of carbonyl (C=O) groups excluding carboxylic acids is 3. The molecular formula is C19H23N3O4S. The summed E-state index contributed by atoms with van der Waals surface area (Å²) in [5.74, 6) is 0.257. The number of hydrogen-bond donors (Lipinski definition) is 0. The Labute approximate surface area is 162 Å². The monoisotopic (exact) mass is 389 g/mol. The van der Waals surface area contributed by atoms with Crippen LogP contribution in [-0.2, 0) is 9.59 Å². The van der Waals surface area contributed by atoms with Crippen molar-refractivity contribution in [2.45, 2.75) is 6.42 Å². The highest BCUT2D eigenvalue weighted by atomic mass is 32.2. The number of nitrogens with zero attached hydrogens (tertiary/aromatic N) is 3. The van der Waals surface area contributed by atoms with Crippen LogP contribution in [0.15, 0.2) is 29.2 Å². The van der Waals surface area contributed by atoms with Crippen molar-refractivity contribution >= 4 is 34.9 Å². The Balaban J connectivity index is 1.62. The molecule has 0 saturated carbocycles. The zero-order valence-electron chi connectivity index (χ0n) is 15.5. The lowest BCUT2D eigenvalue weighted by Gasteiger charge is -2.32. The standard InChI is InChI=1S/C19H23N3O4S/c1-20-9-11-21(12-10-20)17(23)7-8-22-18(24)16(27-19(22)25)13-14-5-3-4-6-15(14)26-2/h3-6,13H,7-12H2,1-2H3. The number of piperazine rings is 1. The van der Waals surface area contributed by atoms with E-state index in [4.69, 9.17) is 4.74 Å². The van der Waals surface area contributed by atoms with Crippen LogP contribution in [0.5, 0.6) is 5.75 Å². The van der Waals surface area contributed by atoms with E-state index in [1.54, 1.807) is 24.2 Å². The number of hydrogen-bond acceptors (Lipinski definition) is 6. The number of amides is 3. The van der Waals surface area contributed by atoms with Gasteiger partial charge >= 0.3 is 0 Å². The summed E-state index contributed by atoms with van der Waals surface area (Å²) in [7, 11) is 3.58. The van der Waals surface area contributed by atoms with Crippen LogP contribution < -0.4 is 4.74 Å². The summed E-state index contributed by atoms with van der Waals surface area (Å²) in [5, 5.41) is -0.340. The van der Waals surface area contributed by atoms with Crippen LogP contribution in [0.3, 0.4) is 0 Å². The molecule has 2 fully saturated rings. The van der Waals surface area contributed by atoms with Crippen LogP contribution in [-0.4, -0.2) is 78.6 Å². The van der Waals surface area contributed by atoms with Crippen molar-refractivity contribution in [3.63, 3.8) is 0 Å². The SMILES string of the molecule is COc1ccccc1C=C1SC(=O)N(CCC(=O)N2CCN(C)CC2)C1=O. The molecule has 0 aromatic heterocycles. The first-order valence-electron chi connectivity index (χ1n) is 8.84. The van der Waals surface area contributed by atoms with Gasteiger partial charge in [-0.3, -0.25) is 19.3 Å². The Morgan fingerprint density at radius 1 is 1.19 bits per heavy atom. The average Bonchev–Trinajstić information content (AvgIpc) is 2.94. The van der Waals surface area contributed by atoms with Gasteiger partial charge in [-0.25, -0.2) is 0 Å². The van der Waals surface area contributed by atoms with Crippen molar-refractivity contribution in [3.05, 3.63) is 34.7 Å². The summed E-state index contributed by atoms with van der Waals surface area (Å²) >= 11 is 0.895. The topological polar surface area (TPSA) is 70.2 Å². The molecule has 0 bridgehead atoms. The summed E-state index contributed by atoms with van der Waals surface area (Å²) in [6, 6.07) is 7.30. The van der Waals surface area contributed by atoms with Gasteiger partial charge < -0.3 is 14.5 Å². The van der Waals surface area contributed by atoms with Gasteiger partial charge in [-0.05, 0) is 31.0 Å². The fourth-order valence-electron chi connectivity index (χ4n) is 3.04. The molecule has 1 aromatic carbocycles. The largest absolute Gasteiger partial charge is 0.496 e. The molecule has 0 spiro atoms. The van der Waals surface area contributed by atoms with Gasteiger partial charge in [0.25, 0.3) is 11.1 Å². The molecule has 27 heavy (non-hydrogen) atoms. The maximum Gasteiger partial charge on any atom is 0.293 e. The van der Waals surface area contributed by atoms with E-state index in [9.17, 15) is 14.4 Å². The molecule has 2 heterocycles. The predicted octanol–water partition coefficient (Wildman–Crippen LogP) is 1.90. The summed E-state index contributed by atoms with van der Waals surface area (Å²) in [6.45, 7) is 3.17. The molecule has 1 aromatic rings. The first-order chi connectivity index (χ1) is 13.0. The molecule has 0 aliphatic carbocycles. The van der Waals surface area contributed by atoms with E-state index in [0.717, 1.165) is 35.3 Å². The van der Waals surface area contributed by atoms with Gasteiger partial charge in [0.2, 0.25) is 5.91 Å². The first-order valence-corrected chi connectivity index (χ1v) is 9.66. The maximum atomic E-state index is 12.6. The van der Waals surface area contributed by atoms with Gasteiger partial charge in [0.05, 0.1) is 12.0 Å². The van der Waals surface area contributed by atoms with E-state index in [1.165, 1.54) is 0 Å². The van der Waals surface area contributed by atoms with Gasteiger partial charge in [-0.15, -0.1) is 0 Å². The second kappa shape index (κ2) is 8.58. The van der Waals surface area contributed by atoms with Crippen molar-refractivity contribution in [1.29, 1.82) is 0 Å². The second-order valence-electron chi connectivity index (χ2n) is 6.51. The van der Waals surface area contributed by atoms with Crippen LogP contribution in [0.4, 0.5) is 4.79 Å². The van der Waals surface area contributed by atoms with Crippen LogP contribution in [0.1, 0.15) is 12.0 Å². The number of ether oxygens (including phenoxy) is 1. The molecule has 3 rings (SSSR count). The van der Waals surface area contributed by atoms with Gasteiger partial charge in [0.1, 0.15) is 5.75 Å². The molecule has 2 saturated heterocycles. The molecule has 3 amide bonds. The van der Waals surface area contributed by atoms with Crippen molar-refractivity contribution in [1.82, 2.24) is 14.7 Å². The number of benzene rings is 1. The van der Waals surface area contributed by atoms with Crippen LogP contribution in [0.25, 0.3) is 6.08 Å². The Kier molecular flexibility index (Phi) is 6.18. The lowest BCUT2D eigenvalue weighted by atomic mass is 10.2. The van der Waals surface area contributed by atoms with E-state index in [0.29, 0.717) is 23.7 Å². The fourth-order valence-corrected chi connectivity index (χ4v) is 3.90. The minimum absolute atomic E-state index is 0.0177. The highest BCUT2D eigenvalue weighted by Crippen LogP contribution is 2.34. The highest BCUT2D eigenvalue weighted by Gasteiger charge is 2.35. The molecular weight excluding hydrogens is 366 g/mol. The second-order valence-corrected chi connectivity index (χ2v) is 7.50. The predicted molar refractivity (Wildman–Crippen MR) is 104 cm³/mol. The Bertz CT molecular complexity index is 772. The normalized spacial score (nSPS) is 19.9. The van der Waals surface area contributed by atoms with Gasteiger partial charge in [-0.1, -0.05) is 18.2 Å². The maximum absolute atomic E-state index is 12.6. The third-order valence-corrected chi connectivity index (χ3v) is 5.61. The van der Waals surface area contributed by atoms with Gasteiger partial charge in [0.15, 0.2) is 0 Å². The van der Waals surface area contributed by atoms with E-state index >= 15 is 0 Å². The van der Waals surface area contributed by atoms with Gasteiger partial charge in [-0.2, -0.15) is 0 Å². The van der Waals surface area contributed by atoms with Crippen LogP contribution in [0.2, 0.25) is 0 Å². The zero-order chi connectivity index (χ0) is 19.4. The molecule has 0 atom stereocenters. The number of thioether (sulfide) groups is 1. The van der Waals surface area contributed by atoms with E-state index in [-0.39, 0.29) is 30.0 Å². The lowest BCUT2D eigenvalue weighted by molar-refractivity contribution is -0.133. The van der Waals surface area contributed by atoms with E-state index in [1.807, 2.05) is 25.2 Å². The van der Waals surface area contributed by atoms with Crippen molar-refractivity contribution in [3.8, 4) is 5.75 Å². The Hall–Kier alpha value is -2.32. The molecule has 7 nitrogen and oxygen atoms in total. The third kappa shape index (κ3) is 4.51. The zero-order valence-corrected chi connectivity index (χ0v) is 16.3. The van der Waals surface area contributed by atoms with Gasteiger partial charge in [0, 0.05) is 44.7 Å². The van der Waals surface area contributed by atoms with Crippen LogP contribution >= 0.6 is 11.8 Å². The quantitative estimate of drug-likeness (QED) is 0.717. The summed E-state index contributed by atoms with van der Waals surface area (Å²) in [5.41, 5.74) is 0.735. The average molecular weight is 389 g/mol. The summed E-state index contributed by atoms with van der Waals surface area (Å²) < 4.78 is 5.28. The third-order valence-electron chi connectivity index (χ3n) is 4.70. The van der Waals surface area contributed by atoms with Crippen molar-refractivity contribution < 1.29 is 19.1 Å². The summed E-state index contributed by atoms with van der Waals surface area (Å²) in [6.07, 6.45) is 1.82. The number of carbonyl (C=O) groups is 3. The minimum atomic E-state index is -0.359. The molecule has 2 aliphatic heterocycles. The molecule has 0 radical (unpaired) electrons. The fraction of sp³-hybridized carbons (Fsp3) is 0.421. The minimum Gasteiger partial charge on any atom is -0.496 e. The van der Waals surface area contributed by atoms with Crippen molar-refractivity contribution in [2.24, 2.45) is 0 Å². The number of methoxy groups -OCH3 is 1.